The molecule has 2 aromatic carbocycles. The number of hydrogen-bond donors (Lipinski definition) is 1. The van der Waals surface area contributed by atoms with Crippen molar-refractivity contribution in [1.82, 2.24) is 0 Å². The normalized spacial score (nSPS) is 14.6. The highest BCUT2D eigenvalue weighted by Gasteiger charge is 2.30. The lowest BCUT2D eigenvalue weighted by Gasteiger charge is -2.20. The fourth-order valence-electron chi connectivity index (χ4n) is 2.23. The summed E-state index contributed by atoms with van der Waals surface area (Å²) in [7, 11) is 0. The quantitative estimate of drug-likeness (QED) is 0.835. The molecule has 2 unspecified atom stereocenters. The molecular weight excluding hydrogens is 291 g/mol. The first-order valence-electron chi connectivity index (χ1n) is 6.98. The maximum Gasteiger partial charge on any atom is 0.416 e. The Balaban J connectivity index is 1.99. The monoisotopic (exact) mass is 309 g/mol. The number of halogens is 3. The van der Waals surface area contributed by atoms with E-state index in [0.29, 0.717) is 12.0 Å². The maximum absolute atomic E-state index is 12.7. The number of nitrogens with two attached hydrogens (primary N) is 1. The molecule has 0 amide bonds. The summed E-state index contributed by atoms with van der Waals surface area (Å²) < 4.78 is 43.7. The molecule has 0 fully saturated rings. The Labute approximate surface area is 127 Å². The highest BCUT2D eigenvalue weighted by atomic mass is 19.4. The molecule has 5 heteroatoms. The smallest absolute Gasteiger partial charge is 0.356 e. The molecule has 2 rings (SSSR count). The Morgan fingerprint density at radius 3 is 2.36 bits per heavy atom. The van der Waals surface area contributed by atoms with E-state index in [1.807, 2.05) is 30.3 Å². The molecule has 0 saturated heterocycles. The van der Waals surface area contributed by atoms with E-state index in [4.69, 9.17) is 10.5 Å². The van der Waals surface area contributed by atoms with E-state index in [1.165, 1.54) is 6.07 Å². The van der Waals surface area contributed by atoms with Crippen LogP contribution in [-0.2, 0) is 17.3 Å². The average molecular weight is 309 g/mol. The molecule has 0 heterocycles. The van der Waals surface area contributed by atoms with Gasteiger partial charge in [-0.2, -0.15) is 13.2 Å². The highest BCUT2D eigenvalue weighted by Crippen LogP contribution is 2.30. The van der Waals surface area contributed by atoms with E-state index >= 15 is 0 Å². The topological polar surface area (TPSA) is 35.2 Å². The molecule has 0 aliphatic heterocycles. The summed E-state index contributed by atoms with van der Waals surface area (Å²) in [5.41, 5.74) is 6.70. The summed E-state index contributed by atoms with van der Waals surface area (Å²) in [5.74, 6) is 0. The predicted octanol–water partition coefficient (Wildman–Crippen LogP) is 4.31. The van der Waals surface area contributed by atoms with Crippen molar-refractivity contribution in [1.29, 1.82) is 0 Å². The van der Waals surface area contributed by atoms with Crippen molar-refractivity contribution in [3.05, 3.63) is 71.3 Å². The standard InChI is InChI=1S/C17H18F3NO/c1-12(22-16(21)14-7-3-2-4-8-14)10-13-6-5-9-15(11-13)17(18,19)20/h2-9,11-12,16H,10,21H2,1H3. The van der Waals surface area contributed by atoms with Gasteiger partial charge in [0.1, 0.15) is 6.23 Å². The molecule has 0 aliphatic rings. The molecule has 2 atom stereocenters. The third-order valence-electron chi connectivity index (χ3n) is 3.28. The van der Waals surface area contributed by atoms with Gasteiger partial charge in [-0.05, 0) is 30.5 Å². The van der Waals surface area contributed by atoms with Crippen molar-refractivity contribution in [2.24, 2.45) is 5.73 Å². The van der Waals surface area contributed by atoms with E-state index in [0.717, 1.165) is 17.7 Å². The first kappa shape index (κ1) is 16.5. The summed E-state index contributed by atoms with van der Waals surface area (Å²) >= 11 is 0. The van der Waals surface area contributed by atoms with Crippen LogP contribution in [0.25, 0.3) is 0 Å². The zero-order valence-corrected chi connectivity index (χ0v) is 12.2. The second-order valence-electron chi connectivity index (χ2n) is 5.18. The van der Waals surface area contributed by atoms with Gasteiger partial charge in [0.2, 0.25) is 0 Å². The minimum atomic E-state index is -4.33. The zero-order valence-electron chi connectivity index (χ0n) is 12.2. The number of benzene rings is 2. The fraction of sp³-hybridized carbons (Fsp3) is 0.294. The fourth-order valence-corrected chi connectivity index (χ4v) is 2.23. The number of rotatable bonds is 5. The molecule has 0 radical (unpaired) electrons. The lowest BCUT2D eigenvalue weighted by molar-refractivity contribution is -0.137. The van der Waals surface area contributed by atoms with E-state index in [-0.39, 0.29) is 6.10 Å². The minimum Gasteiger partial charge on any atom is -0.356 e. The molecule has 0 aliphatic carbocycles. The lowest BCUT2D eigenvalue weighted by Crippen LogP contribution is -2.22. The van der Waals surface area contributed by atoms with Crippen LogP contribution in [0.1, 0.15) is 29.8 Å². The van der Waals surface area contributed by atoms with Crippen LogP contribution in [0.2, 0.25) is 0 Å². The van der Waals surface area contributed by atoms with Crippen molar-refractivity contribution in [3.63, 3.8) is 0 Å². The number of hydrogen-bond acceptors (Lipinski definition) is 2. The van der Waals surface area contributed by atoms with Crippen LogP contribution in [0.3, 0.4) is 0 Å². The molecular formula is C17H18F3NO. The summed E-state index contributed by atoms with van der Waals surface area (Å²) in [6, 6.07) is 14.6. The minimum absolute atomic E-state index is 0.293. The van der Waals surface area contributed by atoms with E-state index in [1.54, 1.807) is 13.0 Å². The molecule has 2 N–H and O–H groups in total. The Bertz CT molecular complexity index is 598. The van der Waals surface area contributed by atoms with Gasteiger partial charge >= 0.3 is 6.18 Å². The van der Waals surface area contributed by atoms with E-state index in [2.05, 4.69) is 0 Å². The second kappa shape index (κ2) is 6.94. The SMILES string of the molecule is CC(Cc1cccc(C(F)(F)F)c1)OC(N)c1ccccc1. The molecule has 22 heavy (non-hydrogen) atoms. The second-order valence-corrected chi connectivity index (χ2v) is 5.18. The molecule has 0 aromatic heterocycles. The lowest BCUT2D eigenvalue weighted by atomic mass is 10.1. The summed E-state index contributed by atoms with van der Waals surface area (Å²) in [6.45, 7) is 1.79. The van der Waals surface area contributed by atoms with Crippen LogP contribution in [0, 0.1) is 0 Å². The van der Waals surface area contributed by atoms with Crippen LogP contribution >= 0.6 is 0 Å². The Kier molecular flexibility index (Phi) is 5.21. The summed E-state index contributed by atoms with van der Waals surface area (Å²) in [5, 5.41) is 0. The third-order valence-corrected chi connectivity index (χ3v) is 3.28. The van der Waals surface area contributed by atoms with Crippen LogP contribution in [0.4, 0.5) is 13.2 Å². The molecule has 118 valence electrons. The predicted molar refractivity (Wildman–Crippen MR) is 79.1 cm³/mol. The Morgan fingerprint density at radius 1 is 1.05 bits per heavy atom. The van der Waals surface area contributed by atoms with Gasteiger partial charge in [-0.3, -0.25) is 0 Å². The summed E-state index contributed by atoms with van der Waals surface area (Å²) in [6.07, 6.45) is -4.86. The zero-order chi connectivity index (χ0) is 16.2. The number of ether oxygens (including phenoxy) is 1. The van der Waals surface area contributed by atoms with Crippen molar-refractivity contribution < 1.29 is 17.9 Å². The van der Waals surface area contributed by atoms with Gasteiger partial charge in [-0.1, -0.05) is 48.5 Å². The molecule has 0 saturated carbocycles. The molecule has 0 spiro atoms. The van der Waals surface area contributed by atoms with Crippen molar-refractivity contribution in [3.8, 4) is 0 Å². The van der Waals surface area contributed by atoms with Gasteiger partial charge in [0.15, 0.2) is 0 Å². The first-order valence-corrected chi connectivity index (χ1v) is 6.98. The van der Waals surface area contributed by atoms with Gasteiger partial charge in [0.05, 0.1) is 11.7 Å². The molecule has 2 aromatic rings. The van der Waals surface area contributed by atoms with Crippen molar-refractivity contribution in [2.75, 3.05) is 0 Å². The molecule has 2 nitrogen and oxygen atoms in total. The van der Waals surface area contributed by atoms with E-state index < -0.39 is 18.0 Å². The third kappa shape index (κ3) is 4.58. The highest BCUT2D eigenvalue weighted by molar-refractivity contribution is 5.26. The van der Waals surface area contributed by atoms with Crippen molar-refractivity contribution >= 4 is 0 Å². The average Bonchev–Trinajstić information content (AvgIpc) is 2.47. The van der Waals surface area contributed by atoms with Gasteiger partial charge in [0, 0.05) is 0 Å². The van der Waals surface area contributed by atoms with Crippen LogP contribution < -0.4 is 5.73 Å². The Hall–Kier alpha value is -1.85. The number of alkyl halides is 3. The summed E-state index contributed by atoms with van der Waals surface area (Å²) in [4.78, 5) is 0. The van der Waals surface area contributed by atoms with Gasteiger partial charge in [-0.25, -0.2) is 0 Å². The van der Waals surface area contributed by atoms with Crippen LogP contribution in [0.15, 0.2) is 54.6 Å². The first-order chi connectivity index (χ1) is 10.4. The maximum atomic E-state index is 12.7. The molecule has 0 bridgehead atoms. The van der Waals surface area contributed by atoms with Gasteiger partial charge in [-0.15, -0.1) is 0 Å². The van der Waals surface area contributed by atoms with E-state index in [9.17, 15) is 13.2 Å². The van der Waals surface area contributed by atoms with Crippen LogP contribution in [0.5, 0.6) is 0 Å². The largest absolute Gasteiger partial charge is 0.416 e. The van der Waals surface area contributed by atoms with Crippen LogP contribution in [-0.4, -0.2) is 6.10 Å². The van der Waals surface area contributed by atoms with Gasteiger partial charge in [0.25, 0.3) is 0 Å². The Morgan fingerprint density at radius 2 is 1.73 bits per heavy atom. The van der Waals surface area contributed by atoms with Crippen molar-refractivity contribution in [2.45, 2.75) is 31.9 Å². The van der Waals surface area contributed by atoms with Gasteiger partial charge < -0.3 is 10.5 Å².